The van der Waals surface area contributed by atoms with Gasteiger partial charge in [-0.05, 0) is 61.2 Å². The Balaban J connectivity index is 1.15. The minimum atomic E-state index is -0.897. The lowest BCUT2D eigenvalue weighted by Crippen LogP contribution is -2.46. The number of para-hydroxylation sites is 1. The van der Waals surface area contributed by atoms with Crippen molar-refractivity contribution in [1.82, 2.24) is 20.2 Å². The average molecular weight is 543 g/mol. The number of hydrogen-bond acceptors (Lipinski definition) is 8. The number of anilines is 2. The van der Waals surface area contributed by atoms with Crippen molar-refractivity contribution < 1.29 is 19.1 Å². The first kappa shape index (κ1) is 24.8. The van der Waals surface area contributed by atoms with E-state index in [1.54, 1.807) is 37.4 Å². The molecule has 2 aromatic carbocycles. The van der Waals surface area contributed by atoms with E-state index >= 15 is 0 Å². The second-order valence-electron chi connectivity index (χ2n) is 9.87. The fraction of sp³-hybridized carbons (Fsp3) is 0.250. The van der Waals surface area contributed by atoms with Crippen LogP contribution in [0.15, 0.2) is 54.7 Å². The number of thiophene rings is 1. The Labute approximate surface area is 228 Å². The van der Waals surface area contributed by atoms with Crippen LogP contribution in [0.5, 0.6) is 5.75 Å². The molecule has 1 saturated heterocycles. The number of aromatic nitrogens is 2. The molecule has 0 atom stereocenters. The van der Waals surface area contributed by atoms with Gasteiger partial charge in [-0.3, -0.25) is 14.9 Å². The van der Waals surface area contributed by atoms with Crippen molar-refractivity contribution in [3.8, 4) is 16.3 Å². The van der Waals surface area contributed by atoms with Gasteiger partial charge in [-0.1, -0.05) is 12.1 Å². The largest absolute Gasteiger partial charge is 0.492 e. The topological polar surface area (TPSA) is 126 Å². The summed E-state index contributed by atoms with van der Waals surface area (Å²) < 4.78 is 6.74. The summed E-state index contributed by atoms with van der Waals surface area (Å²) in [4.78, 5) is 48.4. The van der Waals surface area contributed by atoms with Crippen LogP contribution in [0.1, 0.15) is 29.8 Å². The fourth-order valence-corrected chi connectivity index (χ4v) is 5.79. The number of nitrogens with zero attached hydrogens (tertiary/aromatic N) is 3. The molecule has 4 heterocycles. The van der Waals surface area contributed by atoms with E-state index in [9.17, 15) is 14.4 Å². The van der Waals surface area contributed by atoms with E-state index in [0.29, 0.717) is 42.6 Å². The highest BCUT2D eigenvalue weighted by atomic mass is 32.1. The number of imide groups is 1. The van der Waals surface area contributed by atoms with Crippen molar-refractivity contribution >= 4 is 50.9 Å². The van der Waals surface area contributed by atoms with Crippen molar-refractivity contribution in [2.24, 2.45) is 0 Å². The molecule has 2 aromatic heterocycles. The summed E-state index contributed by atoms with van der Waals surface area (Å²) in [5, 5.41) is 9.47. The number of fused-ring (bicyclic) bond motifs is 2. The third-order valence-corrected chi connectivity index (χ3v) is 8.09. The molecule has 4 aromatic rings. The first-order chi connectivity index (χ1) is 18.8. The minimum Gasteiger partial charge on any atom is -0.492 e. The molecule has 198 valence electrons. The average Bonchev–Trinajstić information content (AvgIpc) is 3.61. The predicted molar refractivity (Wildman–Crippen MR) is 149 cm³/mol. The maximum absolute atomic E-state index is 13.0. The summed E-state index contributed by atoms with van der Waals surface area (Å²) in [5.74, 6) is 0.590. The number of rotatable bonds is 7. The number of ether oxygens (including phenoxy) is 1. The summed E-state index contributed by atoms with van der Waals surface area (Å²) in [7, 11) is 0. The van der Waals surface area contributed by atoms with Crippen LogP contribution in [0.25, 0.3) is 20.7 Å². The van der Waals surface area contributed by atoms with Gasteiger partial charge in [-0.15, -0.1) is 11.3 Å². The molecule has 39 heavy (non-hydrogen) atoms. The standard InChI is InChI=1S/C28H26N6O4S/c1-28(2)25(36)33-27(37)34(28)12-11-30-26-29-10-8-20(32-26)22-15-17-14-18(6-7-21(17)39-22)31-24(35)19-5-3-4-16-9-13-38-23(16)19/h3-8,10,14-15H,9,11-13H2,1-2H3,(H,31,35)(H,29,30,32)(H,33,36,37). The van der Waals surface area contributed by atoms with Crippen LogP contribution in [-0.2, 0) is 11.2 Å². The number of hydrogen-bond donors (Lipinski definition) is 3. The zero-order valence-electron chi connectivity index (χ0n) is 21.4. The van der Waals surface area contributed by atoms with Crippen LogP contribution >= 0.6 is 11.3 Å². The predicted octanol–water partition coefficient (Wildman–Crippen LogP) is 4.29. The van der Waals surface area contributed by atoms with Crippen molar-refractivity contribution in [3.05, 3.63) is 65.9 Å². The molecule has 0 spiro atoms. The lowest BCUT2D eigenvalue weighted by molar-refractivity contribution is -0.125. The molecule has 10 nitrogen and oxygen atoms in total. The SMILES string of the molecule is CC1(C)C(=O)NC(=O)N1CCNc1nccc(-c2cc3cc(NC(=O)c4cccc5c4OCC5)ccc3s2)n1. The maximum atomic E-state index is 13.0. The molecule has 2 aliphatic heterocycles. The summed E-state index contributed by atoms with van der Waals surface area (Å²) >= 11 is 1.59. The van der Waals surface area contributed by atoms with Gasteiger partial charge in [0, 0.05) is 36.1 Å². The highest BCUT2D eigenvalue weighted by Gasteiger charge is 2.45. The van der Waals surface area contributed by atoms with Crippen molar-refractivity contribution in [1.29, 1.82) is 0 Å². The van der Waals surface area contributed by atoms with Crippen LogP contribution in [0.3, 0.4) is 0 Å². The number of nitrogens with one attached hydrogen (secondary N) is 3. The fourth-order valence-electron chi connectivity index (χ4n) is 4.78. The van der Waals surface area contributed by atoms with E-state index in [0.717, 1.165) is 32.6 Å². The first-order valence-electron chi connectivity index (χ1n) is 12.6. The second kappa shape index (κ2) is 9.66. The lowest BCUT2D eigenvalue weighted by atomic mass is 10.0. The molecular formula is C28H26N6O4S. The molecule has 0 saturated carbocycles. The van der Waals surface area contributed by atoms with E-state index in [2.05, 4.69) is 25.9 Å². The van der Waals surface area contributed by atoms with Gasteiger partial charge in [0.25, 0.3) is 11.8 Å². The maximum Gasteiger partial charge on any atom is 0.325 e. The van der Waals surface area contributed by atoms with E-state index < -0.39 is 11.6 Å². The Morgan fingerprint density at radius 1 is 1.18 bits per heavy atom. The molecule has 4 amide bonds. The highest BCUT2D eigenvalue weighted by Crippen LogP contribution is 2.35. The molecule has 3 N–H and O–H groups in total. The van der Waals surface area contributed by atoms with Crippen LogP contribution < -0.4 is 20.7 Å². The number of benzene rings is 2. The third-order valence-electron chi connectivity index (χ3n) is 6.96. The normalized spacial score (nSPS) is 15.7. The van der Waals surface area contributed by atoms with Gasteiger partial charge in [-0.2, -0.15) is 0 Å². The monoisotopic (exact) mass is 542 g/mol. The van der Waals surface area contributed by atoms with Crippen LogP contribution in [0.2, 0.25) is 0 Å². The van der Waals surface area contributed by atoms with Gasteiger partial charge < -0.3 is 20.3 Å². The van der Waals surface area contributed by atoms with E-state index in [1.165, 1.54) is 4.90 Å². The molecule has 2 aliphatic rings. The Kier molecular flexibility index (Phi) is 6.15. The summed E-state index contributed by atoms with van der Waals surface area (Å²) in [6.07, 6.45) is 2.49. The smallest absolute Gasteiger partial charge is 0.325 e. The minimum absolute atomic E-state index is 0.200. The summed E-state index contributed by atoms with van der Waals surface area (Å²) in [6.45, 7) is 4.74. The van der Waals surface area contributed by atoms with E-state index in [-0.39, 0.29) is 11.8 Å². The molecular weight excluding hydrogens is 516 g/mol. The second-order valence-corrected chi connectivity index (χ2v) is 11.0. The van der Waals surface area contributed by atoms with Crippen LogP contribution in [0, 0.1) is 0 Å². The Morgan fingerprint density at radius 3 is 2.87 bits per heavy atom. The number of urea groups is 1. The van der Waals surface area contributed by atoms with Crippen molar-refractivity contribution in [2.45, 2.75) is 25.8 Å². The molecule has 0 unspecified atom stereocenters. The highest BCUT2D eigenvalue weighted by molar-refractivity contribution is 7.22. The molecule has 6 rings (SSSR count). The number of carbonyl (C=O) groups excluding carboxylic acids is 3. The van der Waals surface area contributed by atoms with Gasteiger partial charge in [0.1, 0.15) is 11.3 Å². The van der Waals surface area contributed by atoms with Gasteiger partial charge in [-0.25, -0.2) is 14.8 Å². The Morgan fingerprint density at radius 2 is 2.05 bits per heavy atom. The van der Waals surface area contributed by atoms with Gasteiger partial charge in [0.2, 0.25) is 5.95 Å². The van der Waals surface area contributed by atoms with Crippen LogP contribution in [0.4, 0.5) is 16.4 Å². The first-order valence-corrected chi connectivity index (χ1v) is 13.4. The molecule has 0 bridgehead atoms. The van der Waals surface area contributed by atoms with E-state index in [4.69, 9.17) is 4.74 Å². The Bertz CT molecular complexity index is 1630. The van der Waals surface area contributed by atoms with Crippen molar-refractivity contribution in [2.75, 3.05) is 30.3 Å². The number of carbonyl (C=O) groups is 3. The zero-order valence-corrected chi connectivity index (χ0v) is 22.2. The molecule has 0 aliphatic carbocycles. The van der Waals surface area contributed by atoms with Gasteiger partial charge >= 0.3 is 6.03 Å². The Hall–Kier alpha value is -4.51. The van der Waals surface area contributed by atoms with Crippen LogP contribution in [-0.4, -0.2) is 57.9 Å². The summed E-state index contributed by atoms with van der Waals surface area (Å²) in [6, 6.07) is 14.9. The quantitative estimate of drug-likeness (QED) is 0.298. The number of amides is 4. The molecule has 11 heteroatoms. The molecule has 0 radical (unpaired) electrons. The van der Waals surface area contributed by atoms with Gasteiger partial charge in [0.15, 0.2) is 0 Å². The lowest BCUT2D eigenvalue weighted by Gasteiger charge is -2.27. The van der Waals surface area contributed by atoms with Gasteiger partial charge in [0.05, 0.1) is 22.7 Å². The molecule has 1 fully saturated rings. The summed E-state index contributed by atoms with van der Waals surface area (Å²) in [5.41, 5.74) is 2.15. The van der Waals surface area contributed by atoms with Crippen molar-refractivity contribution in [3.63, 3.8) is 0 Å². The zero-order chi connectivity index (χ0) is 27.1. The van der Waals surface area contributed by atoms with E-state index in [1.807, 2.05) is 42.5 Å². The third kappa shape index (κ3) is 4.65.